The quantitative estimate of drug-likeness (QED) is 0.790. The van der Waals surface area contributed by atoms with E-state index in [0.29, 0.717) is 38.7 Å². The summed E-state index contributed by atoms with van der Waals surface area (Å²) in [6.45, 7) is 6.53. The van der Waals surface area contributed by atoms with Gasteiger partial charge in [-0.05, 0) is 25.8 Å². The third-order valence-electron chi connectivity index (χ3n) is 4.65. The Morgan fingerprint density at radius 3 is 3.04 bits per heavy atom. The monoisotopic (exact) mass is 346 g/mol. The Hall–Kier alpha value is -2.12. The number of fused-ring (bicyclic) bond motifs is 3. The highest BCUT2D eigenvalue weighted by Gasteiger charge is 2.30. The fourth-order valence-electron chi connectivity index (χ4n) is 3.50. The van der Waals surface area contributed by atoms with Crippen LogP contribution < -0.4 is 0 Å². The minimum Gasteiger partial charge on any atom is -0.460 e. The van der Waals surface area contributed by atoms with Crippen LogP contribution in [0.3, 0.4) is 0 Å². The number of rotatable bonds is 4. The summed E-state index contributed by atoms with van der Waals surface area (Å²) < 4.78 is 24.0. The van der Waals surface area contributed by atoms with Crippen molar-refractivity contribution in [3.8, 4) is 11.3 Å². The first kappa shape index (κ1) is 16.4. The Morgan fingerprint density at radius 2 is 2.28 bits per heavy atom. The van der Waals surface area contributed by atoms with Gasteiger partial charge in [-0.25, -0.2) is 4.79 Å². The number of furan rings is 1. The first-order chi connectivity index (χ1) is 12.2. The second kappa shape index (κ2) is 6.65. The summed E-state index contributed by atoms with van der Waals surface area (Å²) in [4.78, 5) is 12.1. The zero-order valence-electron chi connectivity index (χ0n) is 14.5. The number of aromatic nitrogens is 2. The molecule has 134 valence electrons. The minimum atomic E-state index is -0.414. The summed E-state index contributed by atoms with van der Waals surface area (Å²) in [5.41, 5.74) is 3.80. The number of aryl methyl sites for hydroxylation is 2. The van der Waals surface area contributed by atoms with Crippen LogP contribution in [0.4, 0.5) is 0 Å². The molecule has 1 fully saturated rings. The van der Waals surface area contributed by atoms with E-state index in [1.54, 1.807) is 6.92 Å². The Balaban J connectivity index is 1.63. The molecule has 25 heavy (non-hydrogen) atoms. The van der Waals surface area contributed by atoms with Gasteiger partial charge in [0.25, 0.3) is 0 Å². The van der Waals surface area contributed by atoms with Crippen LogP contribution in [0.1, 0.15) is 34.4 Å². The predicted molar refractivity (Wildman–Crippen MR) is 88.6 cm³/mol. The van der Waals surface area contributed by atoms with Crippen LogP contribution in [-0.4, -0.2) is 48.3 Å². The lowest BCUT2D eigenvalue weighted by Crippen LogP contribution is -2.32. The van der Waals surface area contributed by atoms with E-state index in [9.17, 15) is 4.79 Å². The van der Waals surface area contributed by atoms with Gasteiger partial charge in [0.15, 0.2) is 0 Å². The van der Waals surface area contributed by atoms with E-state index in [4.69, 9.17) is 23.7 Å². The maximum atomic E-state index is 12.1. The lowest BCUT2D eigenvalue weighted by molar-refractivity contribution is -0.0946. The molecule has 0 spiro atoms. The van der Waals surface area contributed by atoms with Gasteiger partial charge in [-0.3, -0.25) is 4.68 Å². The van der Waals surface area contributed by atoms with Crippen molar-refractivity contribution in [2.45, 2.75) is 39.3 Å². The SMILES string of the molecule is CCOC(=O)c1oc2c(c1C)-c1nn(CC3COCCO3)cc1CC2. The minimum absolute atomic E-state index is 0.0233. The Labute approximate surface area is 145 Å². The topological polar surface area (TPSA) is 75.7 Å². The molecule has 4 rings (SSSR count). The summed E-state index contributed by atoms with van der Waals surface area (Å²) >= 11 is 0. The number of ether oxygens (including phenoxy) is 3. The van der Waals surface area contributed by atoms with Gasteiger partial charge >= 0.3 is 5.97 Å². The van der Waals surface area contributed by atoms with Crippen molar-refractivity contribution in [2.24, 2.45) is 0 Å². The molecule has 1 atom stereocenters. The van der Waals surface area contributed by atoms with Crippen molar-refractivity contribution < 1.29 is 23.4 Å². The zero-order valence-corrected chi connectivity index (χ0v) is 14.5. The van der Waals surface area contributed by atoms with Crippen LogP contribution in [0, 0.1) is 6.92 Å². The summed E-state index contributed by atoms with van der Waals surface area (Å²) in [6.07, 6.45) is 3.69. The van der Waals surface area contributed by atoms with Crippen molar-refractivity contribution in [1.29, 1.82) is 0 Å². The molecular formula is C18H22N2O5. The second-order valence-electron chi connectivity index (χ2n) is 6.37. The first-order valence-corrected chi connectivity index (χ1v) is 8.72. The van der Waals surface area contributed by atoms with Gasteiger partial charge in [0, 0.05) is 23.7 Å². The highest BCUT2D eigenvalue weighted by molar-refractivity contribution is 5.91. The third kappa shape index (κ3) is 2.98. The van der Waals surface area contributed by atoms with Gasteiger partial charge in [-0.15, -0.1) is 0 Å². The van der Waals surface area contributed by atoms with E-state index in [1.165, 1.54) is 5.56 Å². The summed E-state index contributed by atoms with van der Waals surface area (Å²) in [7, 11) is 0. The number of carbonyl (C=O) groups excluding carboxylic acids is 1. The smallest absolute Gasteiger partial charge is 0.374 e. The molecule has 0 aromatic carbocycles. The molecule has 2 aliphatic rings. The maximum absolute atomic E-state index is 12.1. The molecule has 1 aliphatic heterocycles. The fraction of sp³-hybridized carbons (Fsp3) is 0.556. The van der Waals surface area contributed by atoms with Crippen molar-refractivity contribution >= 4 is 5.97 Å². The molecule has 0 radical (unpaired) electrons. The Morgan fingerprint density at radius 1 is 1.40 bits per heavy atom. The predicted octanol–water partition coefficient (Wildman–Crippen LogP) is 2.14. The van der Waals surface area contributed by atoms with Crippen molar-refractivity contribution in [3.05, 3.63) is 28.8 Å². The molecule has 0 bridgehead atoms. The molecule has 3 heterocycles. The lowest BCUT2D eigenvalue weighted by atomic mass is 9.94. The van der Waals surface area contributed by atoms with Gasteiger partial charge < -0.3 is 18.6 Å². The highest BCUT2D eigenvalue weighted by Crippen LogP contribution is 2.38. The zero-order chi connectivity index (χ0) is 17.4. The maximum Gasteiger partial charge on any atom is 0.374 e. The Bertz CT molecular complexity index is 786. The van der Waals surface area contributed by atoms with E-state index in [-0.39, 0.29) is 6.10 Å². The number of carbonyl (C=O) groups is 1. The molecule has 1 aliphatic carbocycles. The lowest BCUT2D eigenvalue weighted by Gasteiger charge is -2.22. The summed E-state index contributed by atoms with van der Waals surface area (Å²) in [6, 6.07) is 0. The molecule has 7 nitrogen and oxygen atoms in total. The van der Waals surface area contributed by atoms with Crippen LogP contribution >= 0.6 is 0 Å². The highest BCUT2D eigenvalue weighted by atomic mass is 16.6. The summed E-state index contributed by atoms with van der Waals surface area (Å²) in [5, 5.41) is 4.73. The van der Waals surface area contributed by atoms with Gasteiger partial charge in [0.2, 0.25) is 5.76 Å². The van der Waals surface area contributed by atoms with Crippen LogP contribution in [0.25, 0.3) is 11.3 Å². The van der Waals surface area contributed by atoms with E-state index in [0.717, 1.165) is 35.4 Å². The van der Waals surface area contributed by atoms with Crippen molar-refractivity contribution in [2.75, 3.05) is 26.4 Å². The molecule has 1 unspecified atom stereocenters. The second-order valence-corrected chi connectivity index (χ2v) is 6.37. The average Bonchev–Trinajstić information content (AvgIpc) is 3.16. The van der Waals surface area contributed by atoms with Crippen LogP contribution in [0.5, 0.6) is 0 Å². The largest absolute Gasteiger partial charge is 0.460 e. The molecular weight excluding hydrogens is 324 g/mol. The van der Waals surface area contributed by atoms with Crippen LogP contribution in [0.2, 0.25) is 0 Å². The molecule has 2 aromatic rings. The van der Waals surface area contributed by atoms with Gasteiger partial charge in [0.05, 0.1) is 38.7 Å². The fourth-order valence-corrected chi connectivity index (χ4v) is 3.50. The van der Waals surface area contributed by atoms with E-state index in [1.807, 2.05) is 11.6 Å². The molecule has 1 saturated heterocycles. The van der Waals surface area contributed by atoms with Crippen molar-refractivity contribution in [1.82, 2.24) is 9.78 Å². The normalized spacial score (nSPS) is 19.4. The van der Waals surface area contributed by atoms with E-state index >= 15 is 0 Å². The third-order valence-corrected chi connectivity index (χ3v) is 4.65. The molecule has 0 saturated carbocycles. The standard InChI is InChI=1S/C18H22N2O5/c1-3-23-18(21)17-11(2)15-14(25-17)5-4-12-8-20(19-16(12)15)9-13-10-22-6-7-24-13/h8,13H,3-7,9-10H2,1-2H3. The average molecular weight is 346 g/mol. The van der Waals surface area contributed by atoms with Gasteiger partial charge in [-0.1, -0.05) is 0 Å². The number of nitrogens with zero attached hydrogens (tertiary/aromatic N) is 2. The van der Waals surface area contributed by atoms with Crippen molar-refractivity contribution in [3.63, 3.8) is 0 Å². The van der Waals surface area contributed by atoms with Gasteiger partial charge in [0.1, 0.15) is 11.9 Å². The van der Waals surface area contributed by atoms with Crippen LogP contribution in [-0.2, 0) is 33.6 Å². The van der Waals surface area contributed by atoms with E-state index in [2.05, 4.69) is 6.20 Å². The van der Waals surface area contributed by atoms with Crippen LogP contribution in [0.15, 0.2) is 10.6 Å². The number of hydrogen-bond donors (Lipinski definition) is 0. The Kier molecular flexibility index (Phi) is 4.35. The number of esters is 1. The van der Waals surface area contributed by atoms with E-state index < -0.39 is 5.97 Å². The molecule has 2 aromatic heterocycles. The number of hydrogen-bond acceptors (Lipinski definition) is 6. The first-order valence-electron chi connectivity index (χ1n) is 8.72. The van der Waals surface area contributed by atoms with Gasteiger partial charge in [-0.2, -0.15) is 5.10 Å². The summed E-state index contributed by atoms with van der Waals surface area (Å²) in [5.74, 6) is 0.692. The molecule has 0 N–H and O–H groups in total. The molecule has 7 heteroatoms. The molecule has 0 amide bonds.